The SMILES string of the molecule is CC(C)C[C@]1(CCO)C[C@@H](/C=N/NC(=O)CC[C@H](NC(=O)c2ccc(N(C)Cc3cnc4nc(N)nc(N)c4n3)cc2)C(=O)O)ON1Cc1ccccc1. The summed E-state index contributed by atoms with van der Waals surface area (Å²) in [7, 11) is 1.83. The van der Waals surface area contributed by atoms with Crippen LogP contribution in [0.1, 0.15) is 67.6 Å². The second-order valence-corrected chi connectivity index (χ2v) is 13.8. The van der Waals surface area contributed by atoms with Crippen LogP contribution in [0, 0.1) is 5.92 Å². The molecule has 0 radical (unpaired) electrons. The van der Waals surface area contributed by atoms with Gasteiger partial charge in [-0.05, 0) is 55.0 Å². The van der Waals surface area contributed by atoms with Crippen LogP contribution in [0.2, 0.25) is 0 Å². The number of nitrogen functional groups attached to an aromatic ring is 2. The van der Waals surface area contributed by atoms with Gasteiger partial charge < -0.3 is 31.9 Å². The van der Waals surface area contributed by atoms with E-state index >= 15 is 0 Å². The number of carbonyl (C=O) groups is 3. The van der Waals surface area contributed by atoms with E-state index in [9.17, 15) is 24.6 Å². The van der Waals surface area contributed by atoms with Crippen LogP contribution in [-0.4, -0.2) is 90.5 Å². The Balaban J connectivity index is 1.12. The number of hydrazone groups is 1. The number of hydroxylamine groups is 2. The van der Waals surface area contributed by atoms with Gasteiger partial charge in [0.25, 0.3) is 5.91 Å². The molecule has 1 fully saturated rings. The fourth-order valence-corrected chi connectivity index (χ4v) is 6.59. The van der Waals surface area contributed by atoms with Gasteiger partial charge in [0.1, 0.15) is 12.1 Å². The molecule has 0 spiro atoms. The predicted molar refractivity (Wildman–Crippen MR) is 203 cm³/mol. The number of nitrogens with one attached hydrogen (secondary N) is 2. The number of carboxylic acid groups (broad SMARTS) is 1. The number of aliphatic carboxylic acids is 1. The highest BCUT2D eigenvalue weighted by atomic mass is 16.7. The van der Waals surface area contributed by atoms with Crippen LogP contribution in [0.15, 0.2) is 65.9 Å². The molecule has 0 aliphatic carbocycles. The molecule has 1 aliphatic rings. The standard InChI is InChI=1S/C37H47N11O6/c1-23(2)17-37(15-16-49)18-28(54-48(37)21-24-7-5-4-6-8-24)20-41-46-30(50)14-13-29(35(52)53)43-34(51)25-9-11-27(12-10-25)47(3)22-26-19-40-33-31(42-26)32(38)44-36(39)45-33/h4-12,19-20,23,28-29,49H,13-18,21-22H2,1-3H3,(H,43,51)(H,46,50)(H,52,53)(H4,38,39,40,44,45)/b41-20+/t28-,29-,37+/m0/s1. The van der Waals surface area contributed by atoms with Gasteiger partial charge in [-0.25, -0.2) is 20.2 Å². The molecule has 4 aromatic rings. The summed E-state index contributed by atoms with van der Waals surface area (Å²) in [6.07, 6.45) is 4.17. The first kappa shape index (κ1) is 39.4. The van der Waals surface area contributed by atoms with Crippen molar-refractivity contribution in [3.8, 4) is 0 Å². The molecule has 2 aromatic heterocycles. The number of benzene rings is 2. The fraction of sp³-hybridized carbons (Fsp3) is 0.405. The third-order valence-corrected chi connectivity index (χ3v) is 9.07. The van der Waals surface area contributed by atoms with Crippen LogP contribution in [0.25, 0.3) is 11.2 Å². The van der Waals surface area contributed by atoms with E-state index in [1.807, 2.05) is 47.3 Å². The van der Waals surface area contributed by atoms with Crippen molar-refractivity contribution >= 4 is 52.6 Å². The molecule has 54 heavy (non-hydrogen) atoms. The summed E-state index contributed by atoms with van der Waals surface area (Å²) in [4.78, 5) is 62.5. The van der Waals surface area contributed by atoms with Gasteiger partial charge in [-0.1, -0.05) is 44.2 Å². The molecule has 17 heteroatoms. The molecule has 17 nitrogen and oxygen atoms in total. The number of anilines is 3. The van der Waals surface area contributed by atoms with Gasteiger partial charge in [-0.15, -0.1) is 0 Å². The molecule has 5 rings (SSSR count). The lowest BCUT2D eigenvalue weighted by Gasteiger charge is -2.37. The van der Waals surface area contributed by atoms with Crippen molar-refractivity contribution in [3.05, 3.63) is 77.6 Å². The first-order chi connectivity index (χ1) is 25.9. The van der Waals surface area contributed by atoms with Crippen LogP contribution in [-0.2, 0) is 27.5 Å². The number of carbonyl (C=O) groups excluding carboxylic acids is 2. The van der Waals surface area contributed by atoms with E-state index in [1.165, 1.54) is 6.21 Å². The molecule has 2 amide bonds. The van der Waals surface area contributed by atoms with E-state index in [0.29, 0.717) is 48.7 Å². The minimum Gasteiger partial charge on any atom is -0.480 e. The number of hydrogen-bond donors (Lipinski definition) is 6. The first-order valence-electron chi connectivity index (χ1n) is 17.7. The van der Waals surface area contributed by atoms with Gasteiger partial charge >= 0.3 is 5.97 Å². The second-order valence-electron chi connectivity index (χ2n) is 13.8. The lowest BCUT2D eigenvalue weighted by molar-refractivity contribution is -0.189. The number of nitrogens with zero attached hydrogens (tertiary/aromatic N) is 7. The number of aliphatic hydroxyl groups is 1. The highest BCUT2D eigenvalue weighted by Gasteiger charge is 2.46. The van der Waals surface area contributed by atoms with Crippen molar-refractivity contribution in [1.29, 1.82) is 0 Å². The number of nitrogens with two attached hydrogens (primary N) is 2. The first-order valence-corrected chi connectivity index (χ1v) is 17.7. The van der Waals surface area contributed by atoms with Gasteiger partial charge in [-0.2, -0.15) is 20.1 Å². The van der Waals surface area contributed by atoms with Crippen LogP contribution in [0.5, 0.6) is 0 Å². The molecule has 1 aliphatic heterocycles. The number of aliphatic hydroxyl groups excluding tert-OH is 1. The van der Waals surface area contributed by atoms with E-state index in [-0.39, 0.29) is 36.8 Å². The molecule has 0 saturated carbocycles. The molecule has 0 unspecified atom stereocenters. The minimum atomic E-state index is -1.31. The third-order valence-electron chi connectivity index (χ3n) is 9.07. The normalized spacial score (nSPS) is 17.9. The average Bonchev–Trinajstić information content (AvgIpc) is 3.45. The van der Waals surface area contributed by atoms with Gasteiger partial charge in [0.2, 0.25) is 11.9 Å². The summed E-state index contributed by atoms with van der Waals surface area (Å²) in [6, 6.07) is 15.2. The quantitative estimate of drug-likeness (QED) is 0.0673. The monoisotopic (exact) mass is 741 g/mol. The molecular weight excluding hydrogens is 694 g/mol. The van der Waals surface area contributed by atoms with E-state index in [4.69, 9.17) is 16.3 Å². The van der Waals surface area contributed by atoms with Crippen molar-refractivity contribution in [2.45, 2.75) is 76.7 Å². The van der Waals surface area contributed by atoms with Crippen molar-refractivity contribution in [3.63, 3.8) is 0 Å². The highest BCUT2D eigenvalue weighted by molar-refractivity contribution is 5.97. The second kappa shape index (κ2) is 17.8. The Morgan fingerprint density at radius 2 is 1.85 bits per heavy atom. The highest BCUT2D eigenvalue weighted by Crippen LogP contribution is 2.40. The Morgan fingerprint density at radius 3 is 2.54 bits per heavy atom. The lowest BCUT2D eigenvalue weighted by Crippen LogP contribution is -2.44. The molecule has 8 N–H and O–H groups in total. The van der Waals surface area contributed by atoms with E-state index in [1.54, 1.807) is 30.5 Å². The van der Waals surface area contributed by atoms with E-state index < -0.39 is 35.5 Å². The number of fused-ring (bicyclic) bond motifs is 1. The maximum atomic E-state index is 13.0. The van der Waals surface area contributed by atoms with Gasteiger partial charge in [0.05, 0.1) is 30.2 Å². The summed E-state index contributed by atoms with van der Waals surface area (Å²) in [5, 5.41) is 28.3. The summed E-state index contributed by atoms with van der Waals surface area (Å²) < 4.78 is 0. The molecule has 3 heterocycles. The molecule has 0 bridgehead atoms. The van der Waals surface area contributed by atoms with Crippen LogP contribution >= 0.6 is 0 Å². The summed E-state index contributed by atoms with van der Waals surface area (Å²) in [5.41, 5.74) is 16.9. The molecule has 1 saturated heterocycles. The topological polar surface area (TPSA) is 247 Å². The number of hydrogen-bond acceptors (Lipinski definition) is 14. The van der Waals surface area contributed by atoms with Gasteiger partial charge in [-0.3, -0.25) is 14.4 Å². The van der Waals surface area contributed by atoms with Crippen LogP contribution in [0.4, 0.5) is 17.5 Å². The van der Waals surface area contributed by atoms with Crippen molar-refractivity contribution in [1.82, 2.24) is 35.7 Å². The Morgan fingerprint density at radius 1 is 1.11 bits per heavy atom. The van der Waals surface area contributed by atoms with Gasteiger partial charge in [0, 0.05) is 44.3 Å². The van der Waals surface area contributed by atoms with Gasteiger partial charge in [0.15, 0.2) is 17.0 Å². The van der Waals surface area contributed by atoms with E-state index in [0.717, 1.165) is 17.7 Å². The fourth-order valence-electron chi connectivity index (χ4n) is 6.59. The van der Waals surface area contributed by atoms with Crippen molar-refractivity contribution in [2.24, 2.45) is 11.0 Å². The predicted octanol–water partition coefficient (Wildman–Crippen LogP) is 2.66. The maximum Gasteiger partial charge on any atom is 0.326 e. The third kappa shape index (κ3) is 10.2. The zero-order valence-electron chi connectivity index (χ0n) is 30.6. The molecule has 286 valence electrons. The Hall–Kier alpha value is -5.78. The van der Waals surface area contributed by atoms with Crippen molar-refractivity contribution in [2.75, 3.05) is 30.0 Å². The Kier molecular flexibility index (Phi) is 13.0. The Labute approximate surface area is 312 Å². The number of amides is 2. The largest absolute Gasteiger partial charge is 0.480 e. The zero-order chi connectivity index (χ0) is 38.8. The van der Waals surface area contributed by atoms with Crippen LogP contribution in [0.3, 0.4) is 0 Å². The Bertz CT molecular complexity index is 1950. The maximum absolute atomic E-state index is 13.0. The average molecular weight is 742 g/mol. The summed E-state index contributed by atoms with van der Waals surface area (Å²) in [5.74, 6) is -1.91. The van der Waals surface area contributed by atoms with E-state index in [2.05, 4.69) is 49.6 Å². The number of aromatic nitrogens is 4. The number of rotatable bonds is 17. The lowest BCUT2D eigenvalue weighted by atomic mass is 9.82. The summed E-state index contributed by atoms with van der Waals surface area (Å²) in [6.45, 7) is 5.13. The molecule has 3 atom stereocenters. The van der Waals surface area contributed by atoms with Crippen molar-refractivity contribution < 1.29 is 29.4 Å². The minimum absolute atomic E-state index is 0.000969. The zero-order valence-corrected chi connectivity index (χ0v) is 30.6. The summed E-state index contributed by atoms with van der Waals surface area (Å²) >= 11 is 0. The van der Waals surface area contributed by atoms with Crippen LogP contribution < -0.4 is 27.1 Å². The molecule has 2 aromatic carbocycles. The number of carboxylic acids is 1. The smallest absolute Gasteiger partial charge is 0.326 e. The molecular formula is C37H47N11O6.